The molecule has 0 radical (unpaired) electrons. The van der Waals surface area contributed by atoms with Crippen molar-refractivity contribution in [2.75, 3.05) is 22.6 Å². The van der Waals surface area contributed by atoms with Crippen LogP contribution in [0.1, 0.15) is 12.7 Å². The van der Waals surface area contributed by atoms with Crippen LogP contribution >= 0.6 is 11.6 Å². The van der Waals surface area contributed by atoms with Gasteiger partial charge in [-0.15, -0.1) is 0 Å². The highest BCUT2D eigenvalue weighted by Crippen LogP contribution is 2.36. The first-order chi connectivity index (χ1) is 13.0. The molecule has 0 spiro atoms. The topological polar surface area (TPSA) is 101 Å². The first-order valence-electron chi connectivity index (χ1n) is 8.20. The van der Waals surface area contributed by atoms with Crippen molar-refractivity contribution in [2.24, 2.45) is 0 Å². The van der Waals surface area contributed by atoms with Gasteiger partial charge in [0.15, 0.2) is 5.82 Å². The number of nitrogens with one attached hydrogen (secondary N) is 3. The van der Waals surface area contributed by atoms with Crippen LogP contribution in [0.4, 0.5) is 27.7 Å². The van der Waals surface area contributed by atoms with E-state index in [1.165, 1.54) is 0 Å². The third-order valence-corrected chi connectivity index (χ3v) is 3.73. The highest BCUT2D eigenvalue weighted by molar-refractivity contribution is 6.32. The molecule has 2 amide bonds. The van der Waals surface area contributed by atoms with Crippen molar-refractivity contribution in [3.8, 4) is 5.75 Å². The molecule has 0 aliphatic rings. The van der Waals surface area contributed by atoms with E-state index < -0.39 is 6.03 Å². The number of anilines is 4. The molecule has 2 aromatic heterocycles. The molecule has 3 aromatic rings. The number of rotatable bonds is 6. The molecule has 1 aromatic carbocycles. The van der Waals surface area contributed by atoms with Crippen molar-refractivity contribution >= 4 is 40.5 Å². The summed E-state index contributed by atoms with van der Waals surface area (Å²) in [7, 11) is 0. The number of nitrogens with zero attached hydrogens (tertiary/aromatic N) is 2. The fourth-order valence-corrected chi connectivity index (χ4v) is 2.53. The molecule has 2 heterocycles. The third-order valence-electron chi connectivity index (χ3n) is 3.43. The normalized spacial score (nSPS) is 10.3. The smallest absolute Gasteiger partial charge is 0.325 e. The Morgan fingerprint density at radius 1 is 1.26 bits per heavy atom. The highest BCUT2D eigenvalue weighted by Gasteiger charge is 2.14. The number of aromatic nitrogens is 2. The van der Waals surface area contributed by atoms with Gasteiger partial charge in [0.2, 0.25) is 0 Å². The SMILES string of the molecule is CCOc1cc(Nc2cccnc2)c(NC(=O)Nc2cc(C)on2)cc1Cl. The van der Waals surface area contributed by atoms with E-state index in [9.17, 15) is 4.79 Å². The second kappa shape index (κ2) is 8.41. The number of ether oxygens (including phenoxy) is 1. The molecule has 0 aliphatic carbocycles. The lowest BCUT2D eigenvalue weighted by molar-refractivity contribution is 0.262. The number of pyridine rings is 1. The predicted octanol–water partition coefficient (Wildman–Crippen LogP) is 4.82. The summed E-state index contributed by atoms with van der Waals surface area (Å²) in [5.74, 6) is 1.40. The van der Waals surface area contributed by atoms with Crippen LogP contribution in [-0.2, 0) is 0 Å². The fraction of sp³-hybridized carbons (Fsp3) is 0.167. The molecular formula is C18H18ClN5O3. The van der Waals surface area contributed by atoms with Crippen molar-refractivity contribution in [1.82, 2.24) is 10.1 Å². The number of halogens is 1. The van der Waals surface area contributed by atoms with Crippen LogP contribution in [0.15, 0.2) is 47.2 Å². The first kappa shape index (κ1) is 18.5. The molecule has 27 heavy (non-hydrogen) atoms. The van der Waals surface area contributed by atoms with Gasteiger partial charge in [-0.2, -0.15) is 0 Å². The zero-order valence-electron chi connectivity index (χ0n) is 14.7. The molecule has 0 atom stereocenters. The lowest BCUT2D eigenvalue weighted by atomic mass is 10.2. The second-order valence-electron chi connectivity index (χ2n) is 5.53. The first-order valence-corrected chi connectivity index (χ1v) is 8.57. The monoisotopic (exact) mass is 387 g/mol. The Balaban J connectivity index is 1.85. The van der Waals surface area contributed by atoms with Gasteiger partial charge < -0.3 is 19.9 Å². The number of carbonyl (C=O) groups is 1. The standard InChI is InChI=1S/C18H18ClN5O3/c1-3-26-16-9-15(21-12-5-4-6-20-10-12)14(8-13(16)19)22-18(25)23-17-7-11(2)27-24-17/h4-10,21H,3H2,1-2H3,(H2,22,23,24,25). The Bertz CT molecular complexity index is 930. The summed E-state index contributed by atoms with van der Waals surface area (Å²) in [4.78, 5) is 16.4. The van der Waals surface area contributed by atoms with Crippen LogP contribution in [0.2, 0.25) is 5.02 Å². The van der Waals surface area contributed by atoms with Crippen LogP contribution in [0.5, 0.6) is 5.75 Å². The number of aryl methyl sites for hydroxylation is 1. The molecule has 0 unspecified atom stereocenters. The fourth-order valence-electron chi connectivity index (χ4n) is 2.31. The number of urea groups is 1. The van der Waals surface area contributed by atoms with Gasteiger partial charge in [-0.3, -0.25) is 10.3 Å². The summed E-state index contributed by atoms with van der Waals surface area (Å²) >= 11 is 6.27. The molecular weight excluding hydrogens is 370 g/mol. The quantitative estimate of drug-likeness (QED) is 0.560. The van der Waals surface area contributed by atoms with Gasteiger partial charge in [0, 0.05) is 18.3 Å². The minimum Gasteiger partial charge on any atom is -0.492 e. The Kier molecular flexibility index (Phi) is 5.77. The molecule has 3 rings (SSSR count). The van der Waals surface area contributed by atoms with Crippen LogP contribution in [-0.4, -0.2) is 22.8 Å². The Morgan fingerprint density at radius 2 is 2.11 bits per heavy atom. The molecule has 3 N–H and O–H groups in total. The number of benzene rings is 1. The summed E-state index contributed by atoms with van der Waals surface area (Å²) in [5, 5.41) is 12.6. The van der Waals surface area contributed by atoms with Gasteiger partial charge >= 0.3 is 6.03 Å². The Hall–Kier alpha value is -3.26. The van der Waals surface area contributed by atoms with E-state index >= 15 is 0 Å². The Labute approximate surface area is 160 Å². The molecule has 0 bridgehead atoms. The second-order valence-corrected chi connectivity index (χ2v) is 5.94. The highest BCUT2D eigenvalue weighted by atomic mass is 35.5. The van der Waals surface area contributed by atoms with Gasteiger partial charge in [0.25, 0.3) is 0 Å². The minimum absolute atomic E-state index is 0.309. The molecule has 0 saturated carbocycles. The van der Waals surface area contributed by atoms with Crippen LogP contribution in [0, 0.1) is 6.92 Å². The molecule has 140 valence electrons. The van der Waals surface area contributed by atoms with Gasteiger partial charge in [-0.05, 0) is 32.0 Å². The van der Waals surface area contributed by atoms with Gasteiger partial charge in [-0.1, -0.05) is 16.8 Å². The molecule has 0 fully saturated rings. The van der Waals surface area contributed by atoms with Gasteiger partial charge in [-0.25, -0.2) is 4.79 Å². The van der Waals surface area contributed by atoms with E-state index in [-0.39, 0.29) is 0 Å². The van der Waals surface area contributed by atoms with Gasteiger partial charge in [0.1, 0.15) is 11.5 Å². The maximum atomic E-state index is 12.3. The number of hydrogen-bond acceptors (Lipinski definition) is 6. The summed E-state index contributed by atoms with van der Waals surface area (Å²) in [6, 6.07) is 8.10. The molecule has 0 saturated heterocycles. The van der Waals surface area contributed by atoms with E-state index in [1.54, 1.807) is 43.6 Å². The Morgan fingerprint density at radius 3 is 2.78 bits per heavy atom. The van der Waals surface area contributed by atoms with Crippen LogP contribution in [0.25, 0.3) is 0 Å². The zero-order chi connectivity index (χ0) is 19.2. The average molecular weight is 388 g/mol. The molecule has 0 aliphatic heterocycles. The average Bonchev–Trinajstić information content (AvgIpc) is 3.04. The van der Waals surface area contributed by atoms with E-state index in [0.717, 1.165) is 5.69 Å². The number of amides is 2. The number of carbonyl (C=O) groups excluding carboxylic acids is 1. The van der Waals surface area contributed by atoms with Crippen molar-refractivity contribution in [2.45, 2.75) is 13.8 Å². The van der Waals surface area contributed by atoms with Crippen molar-refractivity contribution in [3.05, 3.63) is 53.5 Å². The van der Waals surface area contributed by atoms with Crippen LogP contribution in [0.3, 0.4) is 0 Å². The molecule has 9 heteroatoms. The predicted molar refractivity (Wildman–Crippen MR) is 104 cm³/mol. The van der Waals surface area contributed by atoms with E-state index in [4.69, 9.17) is 20.9 Å². The maximum Gasteiger partial charge on any atom is 0.325 e. The summed E-state index contributed by atoms with van der Waals surface area (Å²) < 4.78 is 10.5. The van der Waals surface area contributed by atoms with Crippen molar-refractivity contribution in [3.63, 3.8) is 0 Å². The molecule has 8 nitrogen and oxygen atoms in total. The third kappa shape index (κ3) is 4.89. The maximum absolute atomic E-state index is 12.3. The summed E-state index contributed by atoms with van der Waals surface area (Å²) in [6.07, 6.45) is 3.34. The summed E-state index contributed by atoms with van der Waals surface area (Å²) in [5.41, 5.74) is 1.81. The van der Waals surface area contributed by atoms with E-state index in [1.807, 2.05) is 13.0 Å². The number of hydrogen-bond donors (Lipinski definition) is 3. The van der Waals surface area contributed by atoms with E-state index in [0.29, 0.717) is 40.3 Å². The van der Waals surface area contributed by atoms with Crippen molar-refractivity contribution < 1.29 is 14.1 Å². The van der Waals surface area contributed by atoms with E-state index in [2.05, 4.69) is 26.1 Å². The van der Waals surface area contributed by atoms with Gasteiger partial charge in [0.05, 0.1) is 34.9 Å². The summed E-state index contributed by atoms with van der Waals surface area (Å²) in [6.45, 7) is 4.06. The minimum atomic E-state index is -0.488. The largest absolute Gasteiger partial charge is 0.492 e. The van der Waals surface area contributed by atoms with Crippen LogP contribution < -0.4 is 20.7 Å². The van der Waals surface area contributed by atoms with Crippen molar-refractivity contribution in [1.29, 1.82) is 0 Å². The lowest BCUT2D eigenvalue weighted by Gasteiger charge is -2.16. The lowest BCUT2D eigenvalue weighted by Crippen LogP contribution is -2.20. The zero-order valence-corrected chi connectivity index (χ0v) is 15.5.